The molecule has 1 aliphatic heterocycles. The van der Waals surface area contributed by atoms with Crippen molar-refractivity contribution in [3.8, 4) is 5.75 Å². The molecule has 0 spiro atoms. The first-order chi connectivity index (χ1) is 15.6. The summed E-state index contributed by atoms with van der Waals surface area (Å²) in [6, 6.07) is 10.8. The van der Waals surface area contributed by atoms with E-state index in [1.807, 2.05) is 36.1 Å². The summed E-state index contributed by atoms with van der Waals surface area (Å²) in [6.07, 6.45) is 2.88. The van der Waals surface area contributed by atoms with Gasteiger partial charge in [0.25, 0.3) is 0 Å². The summed E-state index contributed by atoms with van der Waals surface area (Å²) in [4.78, 5) is 10.1. The number of halogens is 1. The maximum atomic E-state index is 11.8. The zero-order valence-corrected chi connectivity index (χ0v) is 22.3. The molecule has 33 heavy (non-hydrogen) atoms. The van der Waals surface area contributed by atoms with E-state index in [9.17, 15) is 8.42 Å². The van der Waals surface area contributed by atoms with Gasteiger partial charge in [-0.3, -0.25) is 9.71 Å². The van der Waals surface area contributed by atoms with Crippen LogP contribution in [0.15, 0.2) is 42.6 Å². The van der Waals surface area contributed by atoms with Crippen LogP contribution in [0.4, 0.5) is 11.4 Å². The molecule has 8 nitrogen and oxygen atoms in total. The second-order valence-corrected chi connectivity index (χ2v) is 11.1. The summed E-state index contributed by atoms with van der Waals surface area (Å²) in [6.45, 7) is 4.10. The van der Waals surface area contributed by atoms with Crippen molar-refractivity contribution >= 4 is 61.3 Å². The van der Waals surface area contributed by atoms with Gasteiger partial charge in [0.05, 0.1) is 36.8 Å². The van der Waals surface area contributed by atoms with Gasteiger partial charge in [-0.25, -0.2) is 8.42 Å². The van der Waals surface area contributed by atoms with E-state index in [0.717, 1.165) is 38.2 Å². The number of aromatic amines is 1. The number of pyridine rings is 1. The first kappa shape index (κ1) is 23.8. The van der Waals surface area contributed by atoms with Gasteiger partial charge in [0.15, 0.2) is 5.11 Å². The molecule has 174 valence electrons. The monoisotopic (exact) mass is 597 g/mol. The summed E-state index contributed by atoms with van der Waals surface area (Å²) in [5.74, 6) is 0.400. The van der Waals surface area contributed by atoms with E-state index in [2.05, 4.69) is 49.5 Å². The summed E-state index contributed by atoms with van der Waals surface area (Å²) in [7, 11) is -1.95. The van der Waals surface area contributed by atoms with Crippen LogP contribution < -0.4 is 19.7 Å². The van der Waals surface area contributed by atoms with Gasteiger partial charge in [0, 0.05) is 38.5 Å². The minimum absolute atomic E-state index is 0.178. The van der Waals surface area contributed by atoms with E-state index in [0.29, 0.717) is 16.5 Å². The fourth-order valence-electron chi connectivity index (χ4n) is 4.16. The zero-order chi connectivity index (χ0) is 23.9. The van der Waals surface area contributed by atoms with Crippen LogP contribution in [0.1, 0.15) is 34.7 Å². The molecule has 1 aromatic carbocycles. The molecule has 3 heterocycles. The molecule has 2 aromatic heterocycles. The highest BCUT2D eigenvalue weighted by Gasteiger charge is 2.43. The van der Waals surface area contributed by atoms with E-state index in [1.165, 1.54) is 7.11 Å². The standard InChI is InChI=1S/C22H24IN5O3S2/c1-12-18(19(23)13(2)25-12)21-20(16-7-5-6-10-24-16)26-22(32)28(21)14-8-9-15(17(11-14)31-3)27-33(4,29)30/h5-11,20-21,25,27H,1-4H3,(H,26,32)/t20-,21+/m1/s1. The number of thiocarbonyl (C=S) groups is 1. The van der Waals surface area contributed by atoms with Crippen molar-refractivity contribution in [2.75, 3.05) is 23.0 Å². The average Bonchev–Trinajstić information content (AvgIpc) is 3.22. The molecule has 3 aromatic rings. The number of aromatic nitrogens is 2. The highest BCUT2D eigenvalue weighted by Crippen LogP contribution is 2.45. The van der Waals surface area contributed by atoms with Crippen molar-refractivity contribution in [1.29, 1.82) is 0 Å². The molecule has 11 heteroatoms. The first-order valence-corrected chi connectivity index (χ1v) is 13.5. The van der Waals surface area contributed by atoms with Gasteiger partial charge in [-0.15, -0.1) is 0 Å². The molecule has 1 aliphatic rings. The molecule has 0 radical (unpaired) electrons. The predicted molar refractivity (Wildman–Crippen MR) is 142 cm³/mol. The van der Waals surface area contributed by atoms with Gasteiger partial charge in [-0.1, -0.05) is 6.07 Å². The van der Waals surface area contributed by atoms with Gasteiger partial charge in [-0.05, 0) is 72.9 Å². The number of hydrogen-bond donors (Lipinski definition) is 3. The van der Waals surface area contributed by atoms with Gasteiger partial charge in [0.2, 0.25) is 10.0 Å². The van der Waals surface area contributed by atoms with Gasteiger partial charge >= 0.3 is 0 Å². The van der Waals surface area contributed by atoms with Crippen molar-refractivity contribution in [1.82, 2.24) is 15.3 Å². The Morgan fingerprint density at radius 1 is 1.21 bits per heavy atom. The second-order valence-electron chi connectivity index (χ2n) is 7.86. The Labute approximate surface area is 212 Å². The summed E-state index contributed by atoms with van der Waals surface area (Å²) in [5, 5.41) is 4.00. The first-order valence-electron chi connectivity index (χ1n) is 10.1. The predicted octanol–water partition coefficient (Wildman–Crippen LogP) is 4.19. The highest BCUT2D eigenvalue weighted by atomic mass is 127. The fourth-order valence-corrected chi connectivity index (χ4v) is 5.93. The van der Waals surface area contributed by atoms with Crippen molar-refractivity contribution in [2.45, 2.75) is 25.9 Å². The van der Waals surface area contributed by atoms with Crippen molar-refractivity contribution in [3.05, 3.63) is 68.8 Å². The molecule has 0 aliphatic carbocycles. The maximum absolute atomic E-state index is 11.8. The van der Waals surface area contributed by atoms with Crippen LogP contribution in [0.2, 0.25) is 0 Å². The minimum Gasteiger partial charge on any atom is -0.494 e. The van der Waals surface area contributed by atoms with E-state index in [-0.39, 0.29) is 12.1 Å². The molecule has 2 atom stereocenters. The van der Waals surface area contributed by atoms with Crippen molar-refractivity contribution < 1.29 is 13.2 Å². The number of rotatable bonds is 6. The number of anilines is 2. The Hall–Kier alpha value is -2.38. The van der Waals surface area contributed by atoms with Gasteiger partial charge < -0.3 is 19.9 Å². The minimum atomic E-state index is -3.45. The number of hydrogen-bond acceptors (Lipinski definition) is 5. The number of methoxy groups -OCH3 is 1. The topological polar surface area (TPSA) is 99.3 Å². The number of ether oxygens (including phenoxy) is 1. The SMILES string of the molecule is COc1cc(N2C(=S)N[C@H](c3ccccn3)[C@@H]2c2c(C)[nH]c(C)c2I)ccc1NS(C)(=O)=O. The molecule has 0 bridgehead atoms. The van der Waals surface area contributed by atoms with Crippen LogP contribution in [-0.2, 0) is 10.0 Å². The molecule has 1 saturated heterocycles. The second kappa shape index (κ2) is 9.11. The van der Waals surface area contributed by atoms with Gasteiger partial charge in [0.1, 0.15) is 5.75 Å². The van der Waals surface area contributed by atoms with Crippen LogP contribution in [-0.4, -0.2) is 36.9 Å². The van der Waals surface area contributed by atoms with Crippen LogP contribution in [0.5, 0.6) is 5.75 Å². The normalized spacial score (nSPS) is 18.3. The molecule has 0 unspecified atom stereocenters. The third-order valence-electron chi connectivity index (χ3n) is 5.50. The molecule has 1 fully saturated rings. The van der Waals surface area contributed by atoms with E-state index >= 15 is 0 Å². The lowest BCUT2D eigenvalue weighted by Gasteiger charge is -2.29. The van der Waals surface area contributed by atoms with E-state index in [4.69, 9.17) is 17.0 Å². The Morgan fingerprint density at radius 3 is 2.55 bits per heavy atom. The molecule has 3 N–H and O–H groups in total. The van der Waals surface area contributed by atoms with Crippen LogP contribution >= 0.6 is 34.8 Å². The Morgan fingerprint density at radius 2 is 1.97 bits per heavy atom. The highest BCUT2D eigenvalue weighted by molar-refractivity contribution is 14.1. The lowest BCUT2D eigenvalue weighted by Crippen LogP contribution is -2.30. The lowest BCUT2D eigenvalue weighted by atomic mass is 9.96. The number of H-pyrrole nitrogens is 1. The number of benzene rings is 1. The number of aryl methyl sites for hydroxylation is 2. The third-order valence-corrected chi connectivity index (χ3v) is 7.79. The fraction of sp³-hybridized carbons (Fsp3) is 0.273. The summed E-state index contributed by atoms with van der Waals surface area (Å²) in [5.41, 5.74) is 5.30. The smallest absolute Gasteiger partial charge is 0.229 e. The van der Waals surface area contributed by atoms with Crippen LogP contribution in [0, 0.1) is 17.4 Å². The van der Waals surface area contributed by atoms with Crippen LogP contribution in [0.3, 0.4) is 0 Å². The number of nitrogens with one attached hydrogen (secondary N) is 3. The van der Waals surface area contributed by atoms with E-state index < -0.39 is 10.0 Å². The van der Waals surface area contributed by atoms with Crippen molar-refractivity contribution in [2.24, 2.45) is 0 Å². The number of sulfonamides is 1. The molecule has 4 rings (SSSR count). The Kier molecular flexibility index (Phi) is 6.56. The lowest BCUT2D eigenvalue weighted by molar-refractivity contribution is 0.417. The molecular weight excluding hydrogens is 573 g/mol. The maximum Gasteiger partial charge on any atom is 0.229 e. The quantitative estimate of drug-likeness (QED) is 0.290. The summed E-state index contributed by atoms with van der Waals surface area (Å²) >= 11 is 8.16. The largest absolute Gasteiger partial charge is 0.494 e. The van der Waals surface area contributed by atoms with E-state index in [1.54, 1.807) is 18.3 Å². The average molecular weight is 598 g/mol. The molecule has 0 amide bonds. The Bertz CT molecular complexity index is 1310. The van der Waals surface area contributed by atoms with Crippen molar-refractivity contribution in [3.63, 3.8) is 0 Å². The number of nitrogens with zero attached hydrogens (tertiary/aromatic N) is 2. The molecular formula is C22H24IN5O3S2. The van der Waals surface area contributed by atoms with Crippen LogP contribution in [0.25, 0.3) is 0 Å². The molecule has 0 saturated carbocycles. The zero-order valence-electron chi connectivity index (χ0n) is 18.5. The third kappa shape index (κ3) is 4.66. The Balaban J connectivity index is 1.86. The summed E-state index contributed by atoms with van der Waals surface area (Å²) < 4.78 is 32.6. The van der Waals surface area contributed by atoms with Gasteiger partial charge in [-0.2, -0.15) is 0 Å².